The molecule has 2 atom stereocenters. The van der Waals surface area contributed by atoms with Crippen LogP contribution in [0.25, 0.3) is 23.0 Å². The molecular formula is C26H27ClN6O2. The maximum Gasteiger partial charge on any atom is 0.306 e. The summed E-state index contributed by atoms with van der Waals surface area (Å²) in [5.74, 6) is 0.802. The van der Waals surface area contributed by atoms with Gasteiger partial charge in [0.25, 0.3) is 0 Å². The van der Waals surface area contributed by atoms with Crippen LogP contribution in [0.15, 0.2) is 41.7 Å². The van der Waals surface area contributed by atoms with E-state index >= 15 is 0 Å². The molecule has 0 spiro atoms. The zero-order chi connectivity index (χ0) is 24.1. The monoisotopic (exact) mass is 490 g/mol. The number of allylic oxidation sites excluding steroid dienone is 5. The summed E-state index contributed by atoms with van der Waals surface area (Å²) in [6.07, 6.45) is 16.6. The number of rotatable bonds is 4. The quantitative estimate of drug-likeness (QED) is 0.458. The van der Waals surface area contributed by atoms with E-state index in [0.29, 0.717) is 24.2 Å². The van der Waals surface area contributed by atoms with Crippen LogP contribution in [-0.2, 0) is 4.79 Å². The van der Waals surface area contributed by atoms with Crippen molar-refractivity contribution < 1.29 is 9.90 Å². The highest BCUT2D eigenvalue weighted by Crippen LogP contribution is 2.44. The van der Waals surface area contributed by atoms with Crippen LogP contribution in [-0.4, -0.2) is 35.6 Å². The number of carbonyl (C=O) groups is 1. The minimum atomic E-state index is -0.716. The summed E-state index contributed by atoms with van der Waals surface area (Å²) in [7, 11) is 0. The van der Waals surface area contributed by atoms with Gasteiger partial charge in [-0.1, -0.05) is 35.9 Å². The molecule has 2 unspecified atom stereocenters. The first-order valence-corrected chi connectivity index (χ1v) is 12.5. The van der Waals surface area contributed by atoms with Crippen LogP contribution < -0.4 is 5.73 Å². The molecule has 0 saturated heterocycles. The molecule has 6 rings (SSSR count). The zero-order valence-corrected chi connectivity index (χ0v) is 19.9. The summed E-state index contributed by atoms with van der Waals surface area (Å²) in [6, 6.07) is 2.12. The number of carboxylic acids is 1. The van der Waals surface area contributed by atoms with Gasteiger partial charge in [-0.2, -0.15) is 5.10 Å². The number of aliphatic carboxylic acids is 1. The lowest BCUT2D eigenvalue weighted by atomic mass is 9.79. The molecule has 3 heterocycles. The minimum absolute atomic E-state index is 0.122. The average Bonchev–Trinajstić information content (AvgIpc) is 3.47. The van der Waals surface area contributed by atoms with Gasteiger partial charge in [-0.3, -0.25) is 4.79 Å². The molecule has 0 aliphatic heterocycles. The van der Waals surface area contributed by atoms with Gasteiger partial charge in [0.1, 0.15) is 23.4 Å². The largest absolute Gasteiger partial charge is 0.481 e. The molecule has 1 fully saturated rings. The van der Waals surface area contributed by atoms with Crippen LogP contribution in [0.2, 0.25) is 0 Å². The fourth-order valence-electron chi connectivity index (χ4n) is 5.89. The van der Waals surface area contributed by atoms with E-state index in [4.69, 9.17) is 22.3 Å². The van der Waals surface area contributed by atoms with E-state index in [-0.39, 0.29) is 23.7 Å². The first kappa shape index (κ1) is 22.1. The standard InChI is InChI=1S/C26H27ClN6O2/c27-19-7-2-1-5-17(19)18-6-3-4-16-12-20(31-21(16)18)22-23-24(28)29-13-30-33(23)25(32-22)14-8-10-15(11-9-14)26(34)35/h1-4,7,12-15,17-18,31H,5-6,8-11H2,(H,34,35)(H2,28,29,30)/t14-,15-,17?,18?. The minimum Gasteiger partial charge on any atom is -0.481 e. The maximum atomic E-state index is 11.4. The topological polar surface area (TPSA) is 122 Å². The summed E-state index contributed by atoms with van der Waals surface area (Å²) >= 11 is 6.61. The third kappa shape index (κ3) is 3.76. The van der Waals surface area contributed by atoms with E-state index in [1.165, 1.54) is 6.33 Å². The lowest BCUT2D eigenvalue weighted by molar-refractivity contribution is -0.142. The van der Waals surface area contributed by atoms with E-state index in [2.05, 4.69) is 39.4 Å². The Balaban J connectivity index is 1.40. The fraction of sp³-hybridized carbons (Fsp3) is 0.385. The Morgan fingerprint density at radius 2 is 1.97 bits per heavy atom. The summed E-state index contributed by atoms with van der Waals surface area (Å²) in [4.78, 5) is 24.3. The van der Waals surface area contributed by atoms with Gasteiger partial charge in [0.15, 0.2) is 5.82 Å². The number of aromatic nitrogens is 5. The number of hydrogen-bond acceptors (Lipinski definition) is 5. The molecule has 0 amide bonds. The summed E-state index contributed by atoms with van der Waals surface area (Å²) in [6.45, 7) is 0. The second-order valence-electron chi connectivity index (χ2n) is 9.73. The number of halogens is 1. The van der Waals surface area contributed by atoms with E-state index < -0.39 is 5.97 Å². The van der Waals surface area contributed by atoms with E-state index in [0.717, 1.165) is 59.2 Å². The Labute approximate surface area is 207 Å². The Bertz CT molecular complexity index is 1390. The number of nitrogens with two attached hydrogens (primary N) is 1. The van der Waals surface area contributed by atoms with Crippen molar-refractivity contribution in [2.24, 2.45) is 11.8 Å². The number of anilines is 1. The average molecular weight is 491 g/mol. The third-order valence-corrected chi connectivity index (χ3v) is 8.15. The highest BCUT2D eigenvalue weighted by atomic mass is 35.5. The predicted octanol–water partition coefficient (Wildman–Crippen LogP) is 5.26. The van der Waals surface area contributed by atoms with Crippen molar-refractivity contribution >= 4 is 35.0 Å². The van der Waals surface area contributed by atoms with Crippen LogP contribution in [0.4, 0.5) is 5.82 Å². The van der Waals surface area contributed by atoms with Crippen LogP contribution in [0.3, 0.4) is 0 Å². The van der Waals surface area contributed by atoms with Crippen molar-refractivity contribution in [1.29, 1.82) is 0 Å². The molecule has 1 saturated carbocycles. The number of imidazole rings is 1. The normalized spacial score (nSPS) is 26.0. The third-order valence-electron chi connectivity index (χ3n) is 7.74. The Kier molecular flexibility index (Phi) is 5.48. The molecule has 8 nitrogen and oxygen atoms in total. The smallest absolute Gasteiger partial charge is 0.306 e. The predicted molar refractivity (Wildman–Crippen MR) is 135 cm³/mol. The van der Waals surface area contributed by atoms with Gasteiger partial charge >= 0.3 is 5.97 Å². The second kappa shape index (κ2) is 8.68. The Morgan fingerprint density at radius 3 is 2.74 bits per heavy atom. The summed E-state index contributed by atoms with van der Waals surface area (Å²) in [5.41, 5.74) is 10.9. The van der Waals surface area contributed by atoms with Gasteiger partial charge in [0.05, 0.1) is 11.6 Å². The first-order valence-electron chi connectivity index (χ1n) is 12.1. The second-order valence-corrected chi connectivity index (χ2v) is 10.2. The van der Waals surface area contributed by atoms with Gasteiger partial charge in [0, 0.05) is 28.5 Å². The zero-order valence-electron chi connectivity index (χ0n) is 19.2. The highest BCUT2D eigenvalue weighted by Gasteiger charge is 2.33. The SMILES string of the molecule is Nc1ncnn2c1c(-c1cc3c([nH]1)C(C1CC=CC=C1Cl)CC=C3)nc2[C@H]1CC[C@H](C(=O)O)CC1. The van der Waals surface area contributed by atoms with Crippen LogP contribution in [0.1, 0.15) is 67.4 Å². The Hall–Kier alpha value is -3.39. The summed E-state index contributed by atoms with van der Waals surface area (Å²) in [5, 5.41) is 14.8. The molecule has 0 aromatic carbocycles. The van der Waals surface area contributed by atoms with Gasteiger partial charge in [-0.25, -0.2) is 14.5 Å². The molecule has 9 heteroatoms. The van der Waals surface area contributed by atoms with Gasteiger partial charge in [0.2, 0.25) is 0 Å². The van der Waals surface area contributed by atoms with E-state index in [1.54, 1.807) is 4.52 Å². The molecule has 3 aliphatic carbocycles. The van der Waals surface area contributed by atoms with Crippen molar-refractivity contribution in [3.63, 3.8) is 0 Å². The van der Waals surface area contributed by atoms with Crippen LogP contribution in [0.5, 0.6) is 0 Å². The number of nitrogens with zero attached hydrogens (tertiary/aromatic N) is 4. The van der Waals surface area contributed by atoms with Crippen molar-refractivity contribution in [3.05, 3.63) is 58.8 Å². The molecule has 4 N–H and O–H groups in total. The van der Waals surface area contributed by atoms with Crippen molar-refractivity contribution in [1.82, 2.24) is 24.6 Å². The molecule has 0 radical (unpaired) electrons. The van der Waals surface area contributed by atoms with E-state index in [1.807, 2.05) is 12.2 Å². The number of fused-ring (bicyclic) bond motifs is 2. The highest BCUT2D eigenvalue weighted by molar-refractivity contribution is 6.30. The lowest BCUT2D eigenvalue weighted by Crippen LogP contribution is -2.21. The number of carboxylic acid groups (broad SMARTS) is 1. The van der Waals surface area contributed by atoms with Gasteiger partial charge < -0.3 is 15.8 Å². The van der Waals surface area contributed by atoms with Gasteiger partial charge in [-0.15, -0.1) is 0 Å². The molecule has 0 bridgehead atoms. The van der Waals surface area contributed by atoms with Crippen molar-refractivity contribution in [2.45, 2.75) is 50.4 Å². The molecular weight excluding hydrogens is 464 g/mol. The first-order chi connectivity index (χ1) is 17.0. The summed E-state index contributed by atoms with van der Waals surface area (Å²) < 4.78 is 1.79. The molecule has 35 heavy (non-hydrogen) atoms. The van der Waals surface area contributed by atoms with Gasteiger partial charge in [-0.05, 0) is 56.2 Å². The van der Waals surface area contributed by atoms with Crippen LogP contribution >= 0.6 is 11.6 Å². The van der Waals surface area contributed by atoms with E-state index in [9.17, 15) is 9.90 Å². The number of hydrogen-bond donors (Lipinski definition) is 3. The number of nitrogens with one attached hydrogen (secondary N) is 1. The number of nitrogen functional groups attached to an aromatic ring is 1. The number of H-pyrrole nitrogens is 1. The maximum absolute atomic E-state index is 11.4. The van der Waals surface area contributed by atoms with Crippen molar-refractivity contribution in [3.8, 4) is 11.4 Å². The molecule has 180 valence electrons. The fourth-order valence-corrected chi connectivity index (χ4v) is 6.20. The molecule has 3 aromatic heterocycles. The molecule has 3 aromatic rings. The Morgan fingerprint density at radius 1 is 1.17 bits per heavy atom. The molecule has 3 aliphatic rings. The van der Waals surface area contributed by atoms with Crippen LogP contribution in [0, 0.1) is 11.8 Å². The van der Waals surface area contributed by atoms with Crippen molar-refractivity contribution in [2.75, 3.05) is 5.73 Å². The number of aromatic amines is 1. The lowest BCUT2D eigenvalue weighted by Gasteiger charge is -2.28.